The second-order valence-corrected chi connectivity index (χ2v) is 10.8. The van der Waals surface area contributed by atoms with Gasteiger partial charge in [-0.15, -0.1) is 13.2 Å². The molecule has 1 aromatic heterocycles. The standard InChI is InChI=1S/C21H25F3N5O5S/c1-20(6-7-20)26-35(32,33)15-4-5-17-16(10-15)18(30)29(13-14-11-25-27(2)12-14)19(31)28(17)8-3-9-34-21(22,23)24/h4-5,10-12,15,26H,3,6-9,13H2,1-2H3/q+1. The molecule has 1 fully saturated rings. The van der Waals surface area contributed by atoms with Crippen LogP contribution in [0.2, 0.25) is 0 Å². The van der Waals surface area contributed by atoms with Crippen LogP contribution < -0.4 is 4.72 Å². The number of imide groups is 1. The number of carbonyl (C=O) groups excluding carboxylic acids is 2. The Morgan fingerprint density at radius 3 is 2.63 bits per heavy atom. The number of nitrogens with one attached hydrogen (secondary N) is 1. The zero-order chi connectivity index (χ0) is 25.6. The normalized spacial score (nSPS) is 21.9. The Kier molecular flexibility index (Phi) is 6.49. The minimum Gasteiger partial charge on any atom is -0.292 e. The van der Waals surface area contributed by atoms with E-state index in [4.69, 9.17) is 0 Å². The quantitative estimate of drug-likeness (QED) is 0.394. The Labute approximate surface area is 199 Å². The molecule has 190 valence electrons. The highest BCUT2D eigenvalue weighted by molar-refractivity contribution is 7.90. The number of nitrogens with zero attached hydrogens (tertiary/aromatic N) is 4. The predicted octanol–water partition coefficient (Wildman–Crippen LogP) is 1.60. The third-order valence-electron chi connectivity index (χ3n) is 5.92. The molecular formula is C21H25F3N5O5S+. The summed E-state index contributed by atoms with van der Waals surface area (Å²) >= 11 is 0. The van der Waals surface area contributed by atoms with Crippen LogP contribution in [0.3, 0.4) is 0 Å². The molecule has 35 heavy (non-hydrogen) atoms. The van der Waals surface area contributed by atoms with Crippen LogP contribution >= 0.6 is 0 Å². The highest BCUT2D eigenvalue weighted by atomic mass is 32.2. The number of hydrogen-bond acceptors (Lipinski definition) is 6. The van der Waals surface area contributed by atoms with Crippen molar-refractivity contribution in [3.63, 3.8) is 0 Å². The fraction of sp³-hybridized carbons (Fsp3) is 0.524. The lowest BCUT2D eigenvalue weighted by Gasteiger charge is -2.26. The minimum atomic E-state index is -4.80. The lowest BCUT2D eigenvalue weighted by molar-refractivity contribution is -0.439. The average molecular weight is 517 g/mol. The molecule has 1 aromatic rings. The second kappa shape index (κ2) is 8.99. The van der Waals surface area contributed by atoms with E-state index in [-0.39, 0.29) is 30.8 Å². The van der Waals surface area contributed by atoms with Gasteiger partial charge in [-0.1, -0.05) is 6.08 Å². The van der Waals surface area contributed by atoms with Gasteiger partial charge < -0.3 is 0 Å². The van der Waals surface area contributed by atoms with E-state index in [1.54, 1.807) is 20.2 Å². The molecule has 3 amide bonds. The van der Waals surface area contributed by atoms with E-state index in [9.17, 15) is 31.2 Å². The highest BCUT2D eigenvalue weighted by Gasteiger charge is 2.47. The van der Waals surface area contributed by atoms with Crippen molar-refractivity contribution in [3.05, 3.63) is 41.8 Å². The van der Waals surface area contributed by atoms with Gasteiger partial charge in [-0.05, 0) is 31.9 Å². The first-order chi connectivity index (χ1) is 16.3. The van der Waals surface area contributed by atoms with E-state index in [1.807, 2.05) is 0 Å². The number of allylic oxidation sites excluding steroid dienone is 1. The Bertz CT molecular complexity index is 1240. The van der Waals surface area contributed by atoms with Crippen molar-refractivity contribution in [3.8, 4) is 0 Å². The summed E-state index contributed by atoms with van der Waals surface area (Å²) in [5, 5.41) is 2.87. The molecule has 14 heteroatoms. The van der Waals surface area contributed by atoms with E-state index in [0.29, 0.717) is 18.4 Å². The van der Waals surface area contributed by atoms with Crippen LogP contribution in [0.5, 0.6) is 0 Å². The molecule has 3 aliphatic rings. The summed E-state index contributed by atoms with van der Waals surface area (Å²) in [5.41, 5.74) is 0.165. The molecule has 0 bridgehead atoms. The van der Waals surface area contributed by atoms with Crippen molar-refractivity contribution in [1.82, 2.24) is 19.4 Å². The van der Waals surface area contributed by atoms with Gasteiger partial charge in [0.2, 0.25) is 10.0 Å². The topological polar surface area (TPSA) is 114 Å². The fourth-order valence-electron chi connectivity index (χ4n) is 3.87. The number of urea groups is 1. The summed E-state index contributed by atoms with van der Waals surface area (Å²) in [7, 11) is -2.19. The molecule has 1 N–H and O–H groups in total. The van der Waals surface area contributed by atoms with Crippen LogP contribution in [0.1, 0.15) is 31.7 Å². The molecule has 1 saturated carbocycles. The van der Waals surface area contributed by atoms with Crippen LogP contribution in [0.15, 0.2) is 36.2 Å². The van der Waals surface area contributed by atoms with E-state index >= 15 is 0 Å². The molecule has 4 rings (SSSR count). The molecule has 1 aliphatic heterocycles. The number of aryl methyl sites for hydroxylation is 1. The average Bonchev–Trinajstić information content (AvgIpc) is 3.33. The number of amides is 3. The number of fused-ring (bicyclic) bond motifs is 1. The largest absolute Gasteiger partial charge is 0.522 e. The van der Waals surface area contributed by atoms with Gasteiger partial charge in [0.05, 0.1) is 19.3 Å². The molecule has 1 unspecified atom stereocenters. The Balaban J connectivity index is 1.64. The first-order valence-corrected chi connectivity index (χ1v) is 12.4. The predicted molar refractivity (Wildman–Crippen MR) is 117 cm³/mol. The SMILES string of the molecule is Cn1cc(CN2C(=O)C3=CC(S(=O)(=O)NC4(C)CC4)C=CC3=[N+](CCCOC(F)(F)F)C2=O)cn1. The smallest absolute Gasteiger partial charge is 0.292 e. The Hall–Kier alpha value is -2.84. The van der Waals surface area contributed by atoms with Gasteiger partial charge in [0, 0.05) is 30.8 Å². The number of hydrogen-bond donors (Lipinski definition) is 1. The number of aromatic nitrogens is 2. The first kappa shape index (κ1) is 25.3. The maximum Gasteiger partial charge on any atom is 0.522 e. The molecule has 0 aromatic carbocycles. The zero-order valence-electron chi connectivity index (χ0n) is 19.1. The van der Waals surface area contributed by atoms with Crippen molar-refractivity contribution in [2.75, 3.05) is 13.2 Å². The highest BCUT2D eigenvalue weighted by Crippen LogP contribution is 2.36. The van der Waals surface area contributed by atoms with Crippen LogP contribution in [-0.2, 0) is 33.1 Å². The third-order valence-corrected chi connectivity index (χ3v) is 7.70. The zero-order valence-corrected chi connectivity index (χ0v) is 19.9. The number of rotatable bonds is 9. The van der Waals surface area contributed by atoms with Crippen LogP contribution in [0.25, 0.3) is 0 Å². The summed E-state index contributed by atoms with van der Waals surface area (Å²) < 4.78 is 71.9. The summed E-state index contributed by atoms with van der Waals surface area (Å²) in [6.45, 7) is 0.797. The van der Waals surface area contributed by atoms with Gasteiger partial charge in [-0.25, -0.2) is 17.9 Å². The first-order valence-electron chi connectivity index (χ1n) is 10.9. The minimum absolute atomic E-state index is 0.0101. The second-order valence-electron chi connectivity index (χ2n) is 8.99. The maximum atomic E-state index is 13.3. The summed E-state index contributed by atoms with van der Waals surface area (Å²) in [6.07, 6.45) is 3.52. The number of halogens is 3. The molecule has 0 radical (unpaired) electrons. The molecule has 0 saturated heterocycles. The van der Waals surface area contributed by atoms with E-state index < -0.39 is 45.7 Å². The maximum absolute atomic E-state index is 13.3. The van der Waals surface area contributed by atoms with E-state index in [1.165, 1.54) is 29.1 Å². The van der Waals surface area contributed by atoms with Gasteiger partial charge in [-0.3, -0.25) is 9.42 Å². The summed E-state index contributed by atoms with van der Waals surface area (Å²) in [5.74, 6) is -0.696. The number of alkyl halides is 3. The van der Waals surface area contributed by atoms with Crippen molar-refractivity contribution < 1.29 is 40.5 Å². The number of ether oxygens (including phenoxy) is 1. The van der Waals surface area contributed by atoms with Crippen molar-refractivity contribution in [2.24, 2.45) is 7.05 Å². The van der Waals surface area contributed by atoms with Gasteiger partial charge in [0.1, 0.15) is 23.1 Å². The van der Waals surface area contributed by atoms with Crippen molar-refractivity contribution in [2.45, 2.75) is 49.9 Å². The van der Waals surface area contributed by atoms with E-state index in [2.05, 4.69) is 14.6 Å². The van der Waals surface area contributed by atoms with Gasteiger partial charge in [0.25, 0.3) is 0 Å². The summed E-state index contributed by atoms with van der Waals surface area (Å²) in [4.78, 5) is 27.4. The Morgan fingerprint density at radius 2 is 2.03 bits per heavy atom. The van der Waals surface area contributed by atoms with Crippen LogP contribution in [0.4, 0.5) is 18.0 Å². The lowest BCUT2D eigenvalue weighted by atomic mass is 9.99. The number of carbonyl (C=O) groups is 2. The lowest BCUT2D eigenvalue weighted by Crippen LogP contribution is -2.52. The third kappa shape index (κ3) is 5.70. The van der Waals surface area contributed by atoms with Crippen molar-refractivity contribution in [1.29, 1.82) is 0 Å². The van der Waals surface area contributed by atoms with E-state index in [0.717, 1.165) is 9.48 Å². The van der Waals surface area contributed by atoms with Crippen LogP contribution in [0, 0.1) is 0 Å². The molecule has 1 atom stereocenters. The van der Waals surface area contributed by atoms with Gasteiger partial charge in [-0.2, -0.15) is 19.4 Å². The Morgan fingerprint density at radius 1 is 1.31 bits per heavy atom. The molecule has 2 aliphatic carbocycles. The number of sulfonamides is 1. The monoisotopic (exact) mass is 516 g/mol. The summed E-state index contributed by atoms with van der Waals surface area (Å²) in [6, 6.07) is -0.729. The van der Waals surface area contributed by atoms with Crippen LogP contribution in [-0.4, -0.2) is 75.6 Å². The fourth-order valence-corrected chi connectivity index (χ4v) is 5.50. The van der Waals surface area contributed by atoms with Gasteiger partial charge in [0.15, 0.2) is 0 Å². The molecule has 2 heterocycles. The molecular weight excluding hydrogens is 491 g/mol. The molecule has 0 spiro atoms. The molecule has 10 nitrogen and oxygen atoms in total. The van der Waals surface area contributed by atoms with Gasteiger partial charge >= 0.3 is 18.3 Å². The van der Waals surface area contributed by atoms with Crippen molar-refractivity contribution >= 4 is 27.7 Å².